The maximum absolute atomic E-state index is 12.0. The standard InChI is InChI=1S/C19H19ClN4O2S/c1-12-3-5-13(6-4-12)10-21-17(25)11-27-19-22-18(23-24-19)15-9-14(20)7-8-16(15)26-2/h3-9H,10-11H2,1-2H3,(H,21,25)(H,22,23,24). The molecule has 27 heavy (non-hydrogen) atoms. The van der Waals surface area contributed by atoms with Crippen LogP contribution in [0.5, 0.6) is 5.75 Å². The highest BCUT2D eigenvalue weighted by Gasteiger charge is 2.13. The van der Waals surface area contributed by atoms with Gasteiger partial charge in [0, 0.05) is 11.6 Å². The van der Waals surface area contributed by atoms with Gasteiger partial charge in [-0.05, 0) is 30.7 Å². The van der Waals surface area contributed by atoms with E-state index in [0.29, 0.717) is 33.9 Å². The number of carbonyl (C=O) groups excluding carboxylic acids is 1. The van der Waals surface area contributed by atoms with Crippen molar-refractivity contribution < 1.29 is 9.53 Å². The van der Waals surface area contributed by atoms with Gasteiger partial charge in [0.05, 0.1) is 18.4 Å². The Kier molecular flexibility index (Phi) is 6.36. The van der Waals surface area contributed by atoms with Gasteiger partial charge in [-0.2, -0.15) is 0 Å². The minimum atomic E-state index is -0.0766. The number of hydrogen-bond acceptors (Lipinski definition) is 5. The van der Waals surface area contributed by atoms with Gasteiger partial charge in [-0.25, -0.2) is 4.98 Å². The van der Waals surface area contributed by atoms with Crippen LogP contribution in [0.15, 0.2) is 47.6 Å². The highest BCUT2D eigenvalue weighted by Crippen LogP contribution is 2.31. The number of nitrogens with zero attached hydrogens (tertiary/aromatic N) is 2. The lowest BCUT2D eigenvalue weighted by atomic mass is 10.1. The van der Waals surface area contributed by atoms with E-state index in [1.165, 1.54) is 17.3 Å². The zero-order valence-corrected chi connectivity index (χ0v) is 16.5. The number of aromatic nitrogens is 3. The number of amides is 1. The highest BCUT2D eigenvalue weighted by atomic mass is 35.5. The number of nitrogens with one attached hydrogen (secondary N) is 2. The molecule has 1 heterocycles. The Balaban J connectivity index is 1.56. The lowest BCUT2D eigenvalue weighted by Crippen LogP contribution is -2.24. The second-order valence-electron chi connectivity index (χ2n) is 5.86. The molecule has 0 aliphatic rings. The Morgan fingerprint density at radius 2 is 2.04 bits per heavy atom. The molecule has 8 heteroatoms. The van der Waals surface area contributed by atoms with Crippen molar-refractivity contribution in [1.29, 1.82) is 0 Å². The molecule has 2 N–H and O–H groups in total. The molecule has 0 fully saturated rings. The lowest BCUT2D eigenvalue weighted by Gasteiger charge is -2.05. The summed E-state index contributed by atoms with van der Waals surface area (Å²) in [5, 5.41) is 11.0. The van der Waals surface area contributed by atoms with Crippen molar-refractivity contribution >= 4 is 29.3 Å². The van der Waals surface area contributed by atoms with Crippen molar-refractivity contribution in [3.8, 4) is 17.1 Å². The molecule has 0 spiro atoms. The number of ether oxygens (including phenoxy) is 1. The summed E-state index contributed by atoms with van der Waals surface area (Å²) in [4.78, 5) is 16.5. The third-order valence-electron chi connectivity index (χ3n) is 3.82. The molecule has 6 nitrogen and oxygen atoms in total. The Hall–Kier alpha value is -2.51. The monoisotopic (exact) mass is 402 g/mol. The van der Waals surface area contributed by atoms with Crippen LogP contribution in [0.2, 0.25) is 5.02 Å². The third kappa shape index (κ3) is 5.24. The van der Waals surface area contributed by atoms with Gasteiger partial charge in [-0.1, -0.05) is 53.2 Å². The van der Waals surface area contributed by atoms with Gasteiger partial charge < -0.3 is 10.1 Å². The van der Waals surface area contributed by atoms with E-state index >= 15 is 0 Å². The molecular formula is C19H19ClN4O2S. The molecule has 0 aliphatic carbocycles. The molecule has 3 aromatic rings. The number of rotatable bonds is 7. The van der Waals surface area contributed by atoms with Crippen molar-refractivity contribution in [2.45, 2.75) is 18.6 Å². The topological polar surface area (TPSA) is 79.9 Å². The van der Waals surface area contributed by atoms with E-state index in [9.17, 15) is 4.79 Å². The molecule has 2 aromatic carbocycles. The number of hydrogen-bond donors (Lipinski definition) is 2. The minimum absolute atomic E-state index is 0.0766. The maximum Gasteiger partial charge on any atom is 0.230 e. The van der Waals surface area contributed by atoms with Crippen molar-refractivity contribution in [2.75, 3.05) is 12.9 Å². The first-order valence-electron chi connectivity index (χ1n) is 8.26. The van der Waals surface area contributed by atoms with E-state index in [1.54, 1.807) is 25.3 Å². The zero-order chi connectivity index (χ0) is 19.2. The first kappa shape index (κ1) is 19.3. The molecule has 0 radical (unpaired) electrons. The van der Waals surface area contributed by atoms with Crippen molar-refractivity contribution in [2.24, 2.45) is 0 Å². The summed E-state index contributed by atoms with van der Waals surface area (Å²) >= 11 is 7.31. The lowest BCUT2D eigenvalue weighted by molar-refractivity contribution is -0.118. The number of aryl methyl sites for hydroxylation is 1. The summed E-state index contributed by atoms with van der Waals surface area (Å²) in [5.41, 5.74) is 2.97. The molecule has 0 saturated heterocycles. The van der Waals surface area contributed by atoms with Crippen LogP contribution in [0, 0.1) is 6.92 Å². The summed E-state index contributed by atoms with van der Waals surface area (Å²) in [6.45, 7) is 2.53. The fourth-order valence-corrected chi connectivity index (χ4v) is 3.18. The number of halogens is 1. The highest BCUT2D eigenvalue weighted by molar-refractivity contribution is 7.99. The van der Waals surface area contributed by atoms with Gasteiger partial charge in [0.25, 0.3) is 0 Å². The number of benzene rings is 2. The predicted octanol–water partition coefficient (Wildman–Crippen LogP) is 3.85. The van der Waals surface area contributed by atoms with Crippen LogP contribution >= 0.6 is 23.4 Å². The van der Waals surface area contributed by atoms with Crippen molar-refractivity contribution in [3.05, 3.63) is 58.6 Å². The van der Waals surface area contributed by atoms with Crippen LogP contribution in [0.3, 0.4) is 0 Å². The summed E-state index contributed by atoms with van der Waals surface area (Å²) in [6.07, 6.45) is 0. The minimum Gasteiger partial charge on any atom is -0.496 e. The Morgan fingerprint density at radius 3 is 2.78 bits per heavy atom. The van der Waals surface area contributed by atoms with Crippen molar-refractivity contribution in [1.82, 2.24) is 20.5 Å². The number of H-pyrrole nitrogens is 1. The summed E-state index contributed by atoms with van der Waals surface area (Å²) in [5.74, 6) is 1.34. The van der Waals surface area contributed by atoms with Crippen LogP contribution < -0.4 is 10.1 Å². The number of thioether (sulfide) groups is 1. The average Bonchev–Trinajstić information content (AvgIpc) is 3.15. The number of carbonyl (C=O) groups is 1. The molecule has 0 bridgehead atoms. The van der Waals surface area contributed by atoms with E-state index in [1.807, 2.05) is 31.2 Å². The van der Waals surface area contributed by atoms with Crippen LogP contribution in [-0.2, 0) is 11.3 Å². The second kappa shape index (κ2) is 8.92. The molecule has 3 rings (SSSR count). The van der Waals surface area contributed by atoms with Crippen LogP contribution in [0.1, 0.15) is 11.1 Å². The molecular weight excluding hydrogens is 384 g/mol. The molecule has 1 amide bonds. The van der Waals surface area contributed by atoms with Crippen LogP contribution in [0.25, 0.3) is 11.4 Å². The molecule has 1 aromatic heterocycles. The summed E-state index contributed by atoms with van der Waals surface area (Å²) in [7, 11) is 1.58. The molecule has 0 unspecified atom stereocenters. The molecule has 0 aliphatic heterocycles. The van der Waals surface area contributed by atoms with E-state index in [2.05, 4.69) is 20.5 Å². The first-order chi connectivity index (χ1) is 13.0. The van der Waals surface area contributed by atoms with E-state index in [0.717, 1.165) is 5.56 Å². The number of aromatic amines is 1. The Bertz CT molecular complexity index is 928. The summed E-state index contributed by atoms with van der Waals surface area (Å²) in [6, 6.07) is 13.3. The van der Waals surface area contributed by atoms with Crippen LogP contribution in [-0.4, -0.2) is 34.0 Å². The largest absolute Gasteiger partial charge is 0.496 e. The third-order valence-corrected chi connectivity index (χ3v) is 4.91. The average molecular weight is 403 g/mol. The van der Waals surface area contributed by atoms with E-state index < -0.39 is 0 Å². The van der Waals surface area contributed by atoms with E-state index in [4.69, 9.17) is 16.3 Å². The Labute approximate surface area is 166 Å². The van der Waals surface area contributed by atoms with Gasteiger partial charge in [-0.3, -0.25) is 9.89 Å². The first-order valence-corrected chi connectivity index (χ1v) is 9.63. The zero-order valence-electron chi connectivity index (χ0n) is 15.0. The molecule has 0 saturated carbocycles. The SMILES string of the molecule is COc1ccc(Cl)cc1-c1nc(SCC(=O)NCc2ccc(C)cc2)n[nH]1. The normalized spacial score (nSPS) is 10.6. The Morgan fingerprint density at radius 1 is 1.26 bits per heavy atom. The van der Waals surface area contributed by atoms with Crippen molar-refractivity contribution in [3.63, 3.8) is 0 Å². The van der Waals surface area contributed by atoms with Gasteiger partial charge in [0.2, 0.25) is 11.1 Å². The van der Waals surface area contributed by atoms with Gasteiger partial charge in [0.1, 0.15) is 5.75 Å². The maximum atomic E-state index is 12.0. The predicted molar refractivity (Wildman–Crippen MR) is 107 cm³/mol. The smallest absolute Gasteiger partial charge is 0.230 e. The fraction of sp³-hybridized carbons (Fsp3) is 0.211. The quantitative estimate of drug-likeness (QED) is 0.587. The van der Waals surface area contributed by atoms with Gasteiger partial charge in [0.15, 0.2) is 5.82 Å². The second-order valence-corrected chi connectivity index (χ2v) is 7.24. The number of methoxy groups -OCH3 is 1. The van der Waals surface area contributed by atoms with E-state index in [-0.39, 0.29) is 11.7 Å². The van der Waals surface area contributed by atoms with Gasteiger partial charge in [-0.15, -0.1) is 5.10 Å². The molecule has 140 valence electrons. The van der Waals surface area contributed by atoms with Gasteiger partial charge >= 0.3 is 0 Å². The molecule has 0 atom stereocenters. The summed E-state index contributed by atoms with van der Waals surface area (Å²) < 4.78 is 5.33. The van der Waals surface area contributed by atoms with Crippen LogP contribution in [0.4, 0.5) is 0 Å². The fourth-order valence-electron chi connectivity index (χ4n) is 2.38.